The van der Waals surface area contributed by atoms with Crippen molar-refractivity contribution >= 4 is 22.0 Å². The Bertz CT molecular complexity index is 238. The van der Waals surface area contributed by atoms with Crippen molar-refractivity contribution in [2.45, 2.75) is 6.92 Å². The first kappa shape index (κ1) is 7.55. The molecule has 0 atom stereocenters. The molecule has 0 saturated carbocycles. The normalized spacial score (nSPS) is 10.6. The summed E-state index contributed by atoms with van der Waals surface area (Å²) in [7, 11) is 0. The van der Waals surface area contributed by atoms with Gasteiger partial charge >= 0.3 is 0 Å². The minimum Gasteiger partial charge on any atom is -0.0870 e. The van der Waals surface area contributed by atoms with Crippen molar-refractivity contribution in [3.8, 4) is 0 Å². The van der Waals surface area contributed by atoms with Gasteiger partial charge in [-0.1, -0.05) is 46.3 Å². The molecule has 0 bridgehead atoms. The molecule has 1 aromatic rings. The predicted molar refractivity (Wildman–Crippen MR) is 48.9 cm³/mol. The van der Waals surface area contributed by atoms with Gasteiger partial charge in [0.05, 0.1) is 0 Å². The average molecular weight is 197 g/mol. The molecule has 0 radical (unpaired) electrons. The SMILES string of the molecule is CC=Cc1ccccc1Br. The molecule has 10 heavy (non-hydrogen) atoms. The molecule has 52 valence electrons. The molecule has 0 heterocycles. The molecule has 0 saturated heterocycles. The van der Waals surface area contributed by atoms with E-state index in [0.717, 1.165) is 4.47 Å². The number of allylic oxidation sites excluding steroid dienone is 1. The molecule has 0 N–H and O–H groups in total. The average Bonchev–Trinajstić information content (AvgIpc) is 1.94. The second kappa shape index (κ2) is 3.57. The molecular formula is C9H9Br. The van der Waals surface area contributed by atoms with Crippen LogP contribution in [0, 0.1) is 0 Å². The number of rotatable bonds is 1. The lowest BCUT2D eigenvalue weighted by molar-refractivity contribution is 1.59. The second-order valence-corrected chi connectivity index (χ2v) is 2.88. The lowest BCUT2D eigenvalue weighted by Crippen LogP contribution is -1.71. The van der Waals surface area contributed by atoms with Gasteiger partial charge in [0, 0.05) is 4.47 Å². The first-order valence-electron chi connectivity index (χ1n) is 3.22. The number of halogens is 1. The van der Waals surface area contributed by atoms with Crippen LogP contribution in [0.15, 0.2) is 34.8 Å². The van der Waals surface area contributed by atoms with Gasteiger partial charge in [0.2, 0.25) is 0 Å². The predicted octanol–water partition coefficient (Wildman–Crippen LogP) is 3.48. The standard InChI is InChI=1S/C9H9Br/c1-2-5-8-6-3-4-7-9(8)10/h2-7H,1H3. The van der Waals surface area contributed by atoms with Crippen LogP contribution in [0.2, 0.25) is 0 Å². The van der Waals surface area contributed by atoms with Crippen LogP contribution < -0.4 is 0 Å². The van der Waals surface area contributed by atoms with Crippen molar-refractivity contribution in [3.05, 3.63) is 40.4 Å². The summed E-state index contributed by atoms with van der Waals surface area (Å²) in [6.45, 7) is 2.01. The maximum atomic E-state index is 3.45. The molecule has 1 heteroatoms. The molecule has 0 unspecified atom stereocenters. The second-order valence-electron chi connectivity index (χ2n) is 2.02. The van der Waals surface area contributed by atoms with Crippen LogP contribution in [-0.4, -0.2) is 0 Å². The highest BCUT2D eigenvalue weighted by molar-refractivity contribution is 9.10. The third kappa shape index (κ3) is 1.71. The monoisotopic (exact) mass is 196 g/mol. The first-order valence-corrected chi connectivity index (χ1v) is 4.01. The van der Waals surface area contributed by atoms with Gasteiger partial charge in [-0.2, -0.15) is 0 Å². The minimum atomic E-state index is 1.15. The van der Waals surface area contributed by atoms with E-state index in [-0.39, 0.29) is 0 Å². The van der Waals surface area contributed by atoms with Crippen molar-refractivity contribution in [2.75, 3.05) is 0 Å². The molecule has 0 spiro atoms. The van der Waals surface area contributed by atoms with Crippen molar-refractivity contribution < 1.29 is 0 Å². The molecule has 0 nitrogen and oxygen atoms in total. The summed E-state index contributed by atoms with van der Waals surface area (Å²) in [5.74, 6) is 0. The quantitative estimate of drug-likeness (QED) is 0.646. The highest BCUT2D eigenvalue weighted by Crippen LogP contribution is 2.16. The molecule has 0 aromatic heterocycles. The van der Waals surface area contributed by atoms with Crippen molar-refractivity contribution in [3.63, 3.8) is 0 Å². The molecule has 0 amide bonds. The molecule has 0 aliphatic heterocycles. The third-order valence-electron chi connectivity index (χ3n) is 1.25. The zero-order valence-corrected chi connectivity index (χ0v) is 7.43. The Kier molecular flexibility index (Phi) is 2.69. The molecule has 0 aliphatic carbocycles. The lowest BCUT2D eigenvalue weighted by atomic mass is 10.2. The Morgan fingerprint density at radius 1 is 1.30 bits per heavy atom. The van der Waals surface area contributed by atoms with Gasteiger partial charge in [0.15, 0.2) is 0 Å². The maximum Gasteiger partial charge on any atom is 0.0247 e. The van der Waals surface area contributed by atoms with E-state index in [4.69, 9.17) is 0 Å². The summed E-state index contributed by atoms with van der Waals surface area (Å²) in [6, 6.07) is 8.15. The van der Waals surface area contributed by atoms with Crippen LogP contribution in [0.1, 0.15) is 12.5 Å². The Labute approximate surface area is 69.7 Å². The topological polar surface area (TPSA) is 0 Å². The minimum absolute atomic E-state index is 1.15. The Morgan fingerprint density at radius 3 is 2.60 bits per heavy atom. The maximum absolute atomic E-state index is 3.45. The summed E-state index contributed by atoms with van der Waals surface area (Å²) in [6.07, 6.45) is 4.10. The highest BCUT2D eigenvalue weighted by Gasteiger charge is 1.89. The van der Waals surface area contributed by atoms with Gasteiger partial charge in [-0.25, -0.2) is 0 Å². The van der Waals surface area contributed by atoms with E-state index < -0.39 is 0 Å². The van der Waals surface area contributed by atoms with Crippen LogP contribution in [0.5, 0.6) is 0 Å². The van der Waals surface area contributed by atoms with Gasteiger partial charge in [-0.15, -0.1) is 0 Å². The lowest BCUT2D eigenvalue weighted by Gasteiger charge is -1.94. The molecule has 1 aromatic carbocycles. The van der Waals surface area contributed by atoms with Gasteiger partial charge in [0.25, 0.3) is 0 Å². The zero-order chi connectivity index (χ0) is 7.40. The highest BCUT2D eigenvalue weighted by atomic mass is 79.9. The first-order chi connectivity index (χ1) is 4.84. The number of hydrogen-bond acceptors (Lipinski definition) is 0. The molecule has 0 fully saturated rings. The Morgan fingerprint density at radius 2 is 2.00 bits per heavy atom. The molecule has 0 aliphatic rings. The summed E-state index contributed by atoms with van der Waals surface area (Å²) >= 11 is 3.45. The van der Waals surface area contributed by atoms with E-state index in [9.17, 15) is 0 Å². The van der Waals surface area contributed by atoms with E-state index in [2.05, 4.69) is 28.1 Å². The third-order valence-corrected chi connectivity index (χ3v) is 1.97. The number of hydrogen-bond donors (Lipinski definition) is 0. The fourth-order valence-electron chi connectivity index (χ4n) is 0.790. The number of benzene rings is 1. The van der Waals surface area contributed by atoms with Crippen LogP contribution in [-0.2, 0) is 0 Å². The van der Waals surface area contributed by atoms with Crippen LogP contribution in [0.3, 0.4) is 0 Å². The van der Waals surface area contributed by atoms with Gasteiger partial charge in [0.1, 0.15) is 0 Å². The van der Waals surface area contributed by atoms with Crippen LogP contribution in [0.4, 0.5) is 0 Å². The smallest absolute Gasteiger partial charge is 0.0247 e. The van der Waals surface area contributed by atoms with Crippen molar-refractivity contribution in [1.82, 2.24) is 0 Å². The van der Waals surface area contributed by atoms with E-state index >= 15 is 0 Å². The Hall–Kier alpha value is -0.560. The van der Waals surface area contributed by atoms with Crippen LogP contribution >= 0.6 is 15.9 Å². The zero-order valence-electron chi connectivity index (χ0n) is 5.84. The summed E-state index contributed by atoms with van der Waals surface area (Å²) < 4.78 is 1.15. The van der Waals surface area contributed by atoms with E-state index in [1.54, 1.807) is 0 Å². The van der Waals surface area contributed by atoms with Gasteiger partial charge < -0.3 is 0 Å². The fourth-order valence-corrected chi connectivity index (χ4v) is 1.21. The van der Waals surface area contributed by atoms with Gasteiger partial charge in [-0.05, 0) is 18.6 Å². The van der Waals surface area contributed by atoms with Crippen molar-refractivity contribution in [2.24, 2.45) is 0 Å². The molecular weight excluding hydrogens is 188 g/mol. The van der Waals surface area contributed by atoms with Gasteiger partial charge in [-0.3, -0.25) is 0 Å². The van der Waals surface area contributed by atoms with E-state index in [1.807, 2.05) is 31.2 Å². The molecule has 1 rings (SSSR count). The Balaban J connectivity index is 3.03. The van der Waals surface area contributed by atoms with E-state index in [0.29, 0.717) is 0 Å². The fraction of sp³-hybridized carbons (Fsp3) is 0.111. The van der Waals surface area contributed by atoms with E-state index in [1.165, 1.54) is 5.56 Å². The summed E-state index contributed by atoms with van der Waals surface area (Å²) in [5, 5.41) is 0. The van der Waals surface area contributed by atoms with Crippen LogP contribution in [0.25, 0.3) is 6.08 Å². The van der Waals surface area contributed by atoms with Crippen molar-refractivity contribution in [1.29, 1.82) is 0 Å². The summed E-state index contributed by atoms with van der Waals surface area (Å²) in [5.41, 5.74) is 1.23. The summed E-state index contributed by atoms with van der Waals surface area (Å²) in [4.78, 5) is 0. The largest absolute Gasteiger partial charge is 0.0870 e.